The van der Waals surface area contributed by atoms with E-state index in [0.29, 0.717) is 26.9 Å². The Balaban J connectivity index is 2.07. The minimum absolute atomic E-state index is 0.0223. The molecule has 10 heteroatoms. The van der Waals surface area contributed by atoms with Gasteiger partial charge in [-0.15, -0.1) is 0 Å². The Bertz CT molecular complexity index is 1450. The van der Waals surface area contributed by atoms with Crippen LogP contribution >= 0.6 is 23.2 Å². The van der Waals surface area contributed by atoms with Gasteiger partial charge in [-0.05, 0) is 76.1 Å². The summed E-state index contributed by atoms with van der Waals surface area (Å²) in [5.41, 5.74) is 2.68. The number of hydrogen-bond acceptors (Lipinski definition) is 4. The maximum atomic E-state index is 14.0. The molecular weight excluding hydrogens is 557 g/mol. The molecule has 3 aromatic carbocycles. The zero-order chi connectivity index (χ0) is 28.9. The maximum Gasteiger partial charge on any atom is 0.264 e. The van der Waals surface area contributed by atoms with Gasteiger partial charge in [0.05, 0.1) is 20.6 Å². The van der Waals surface area contributed by atoms with Crippen molar-refractivity contribution in [1.29, 1.82) is 0 Å². The highest BCUT2D eigenvalue weighted by molar-refractivity contribution is 7.92. The summed E-state index contributed by atoms with van der Waals surface area (Å²) in [6, 6.07) is 17.2. The average molecular weight is 591 g/mol. The lowest BCUT2D eigenvalue weighted by molar-refractivity contribution is -0.139. The van der Waals surface area contributed by atoms with Crippen molar-refractivity contribution in [2.45, 2.75) is 58.1 Å². The van der Waals surface area contributed by atoms with Crippen molar-refractivity contribution in [1.82, 2.24) is 10.2 Å². The van der Waals surface area contributed by atoms with Crippen LogP contribution in [0.4, 0.5) is 5.69 Å². The molecule has 0 aliphatic heterocycles. The highest BCUT2D eigenvalue weighted by atomic mass is 35.5. The van der Waals surface area contributed by atoms with Crippen LogP contribution in [0.5, 0.6) is 0 Å². The van der Waals surface area contributed by atoms with Gasteiger partial charge in [0, 0.05) is 12.6 Å². The van der Waals surface area contributed by atoms with Crippen LogP contribution in [0.15, 0.2) is 71.6 Å². The zero-order valence-electron chi connectivity index (χ0n) is 22.6. The van der Waals surface area contributed by atoms with Crippen LogP contribution in [0.3, 0.4) is 0 Å². The summed E-state index contributed by atoms with van der Waals surface area (Å²) in [6.07, 6.45) is 0. The van der Waals surface area contributed by atoms with Gasteiger partial charge >= 0.3 is 0 Å². The SMILES string of the molecule is Cc1ccc(N(CC(=O)N(Cc2ccc(Cl)c(Cl)c2)[C@@H](C)C(=O)NC(C)C)S(=O)(=O)c2ccccc2)c(C)c1. The first kappa shape index (κ1) is 30.5. The molecule has 0 radical (unpaired) electrons. The molecular formula is C29H33Cl2N3O4S. The molecule has 0 aromatic heterocycles. The van der Waals surface area contributed by atoms with E-state index >= 15 is 0 Å². The van der Waals surface area contributed by atoms with Crippen LogP contribution in [0.1, 0.15) is 37.5 Å². The van der Waals surface area contributed by atoms with E-state index in [1.165, 1.54) is 17.0 Å². The predicted octanol–water partition coefficient (Wildman–Crippen LogP) is 5.75. The number of rotatable bonds is 10. The summed E-state index contributed by atoms with van der Waals surface area (Å²) >= 11 is 12.3. The Morgan fingerprint density at radius 2 is 1.56 bits per heavy atom. The van der Waals surface area contributed by atoms with Gasteiger partial charge in [-0.1, -0.05) is 65.2 Å². The van der Waals surface area contributed by atoms with Gasteiger partial charge in [0.15, 0.2) is 0 Å². The van der Waals surface area contributed by atoms with Gasteiger partial charge in [-0.2, -0.15) is 0 Å². The molecule has 3 rings (SSSR count). The third-order valence-corrected chi connectivity index (χ3v) is 8.68. The Hall–Kier alpha value is -3.07. The standard InChI is InChI=1S/C29H33Cl2N3O4S/c1-19(2)32-29(36)22(5)33(17-23-12-13-25(30)26(31)16-23)28(35)18-34(27-14-11-20(3)15-21(27)4)39(37,38)24-9-7-6-8-10-24/h6-16,19,22H,17-18H2,1-5H3,(H,32,36)/t22-/m0/s1. The van der Waals surface area contributed by atoms with Crippen LogP contribution in [0.25, 0.3) is 0 Å². The lowest BCUT2D eigenvalue weighted by Gasteiger charge is -2.32. The number of nitrogens with zero attached hydrogens (tertiary/aromatic N) is 2. The molecule has 0 aliphatic rings. The third-order valence-electron chi connectivity index (χ3n) is 6.17. The molecule has 39 heavy (non-hydrogen) atoms. The van der Waals surface area contributed by atoms with Crippen molar-refractivity contribution in [3.63, 3.8) is 0 Å². The minimum atomic E-state index is -4.12. The quantitative estimate of drug-likeness (QED) is 0.326. The molecule has 0 fully saturated rings. The van der Waals surface area contributed by atoms with Crippen molar-refractivity contribution in [3.8, 4) is 0 Å². The number of anilines is 1. The molecule has 0 saturated carbocycles. The summed E-state index contributed by atoms with van der Waals surface area (Å²) in [4.78, 5) is 28.4. The van der Waals surface area contributed by atoms with Crippen molar-refractivity contribution < 1.29 is 18.0 Å². The second-order valence-electron chi connectivity index (χ2n) is 9.72. The Labute approximate surface area is 240 Å². The normalized spacial score (nSPS) is 12.2. The van der Waals surface area contributed by atoms with E-state index in [-0.39, 0.29) is 23.4 Å². The number of benzene rings is 3. The Morgan fingerprint density at radius 3 is 2.15 bits per heavy atom. The fourth-order valence-electron chi connectivity index (χ4n) is 4.14. The third kappa shape index (κ3) is 7.53. The number of sulfonamides is 1. The maximum absolute atomic E-state index is 14.0. The second kappa shape index (κ2) is 12.9. The number of aryl methyl sites for hydroxylation is 2. The average Bonchev–Trinajstić information content (AvgIpc) is 2.87. The summed E-state index contributed by atoms with van der Waals surface area (Å²) in [6.45, 7) is 8.48. The highest BCUT2D eigenvalue weighted by Crippen LogP contribution is 2.29. The summed E-state index contributed by atoms with van der Waals surface area (Å²) in [5, 5.41) is 3.50. The summed E-state index contributed by atoms with van der Waals surface area (Å²) in [5.74, 6) is -0.908. The van der Waals surface area contributed by atoms with Crippen LogP contribution in [0, 0.1) is 13.8 Å². The van der Waals surface area contributed by atoms with Gasteiger partial charge < -0.3 is 10.2 Å². The smallest absolute Gasteiger partial charge is 0.264 e. The van der Waals surface area contributed by atoms with Crippen LogP contribution < -0.4 is 9.62 Å². The monoisotopic (exact) mass is 589 g/mol. The van der Waals surface area contributed by atoms with Crippen molar-refractivity contribution in [2.75, 3.05) is 10.8 Å². The number of halogens is 2. The molecule has 0 unspecified atom stereocenters. The van der Waals surface area contributed by atoms with Gasteiger partial charge in [-0.3, -0.25) is 13.9 Å². The molecule has 0 bridgehead atoms. The molecule has 0 spiro atoms. The van der Waals surface area contributed by atoms with Gasteiger partial charge in [0.25, 0.3) is 10.0 Å². The summed E-state index contributed by atoms with van der Waals surface area (Å²) in [7, 11) is -4.12. The molecule has 1 N–H and O–H groups in total. The van der Waals surface area contributed by atoms with Gasteiger partial charge in [0.1, 0.15) is 12.6 Å². The van der Waals surface area contributed by atoms with E-state index in [1.54, 1.807) is 62.4 Å². The summed E-state index contributed by atoms with van der Waals surface area (Å²) < 4.78 is 28.8. The fraction of sp³-hybridized carbons (Fsp3) is 0.310. The molecule has 0 heterocycles. The fourth-order valence-corrected chi connectivity index (χ4v) is 5.96. The van der Waals surface area contributed by atoms with E-state index < -0.39 is 28.5 Å². The highest BCUT2D eigenvalue weighted by Gasteiger charge is 2.33. The molecule has 208 valence electrons. The van der Waals surface area contributed by atoms with Crippen LogP contribution in [0.2, 0.25) is 10.0 Å². The number of hydrogen-bond donors (Lipinski definition) is 1. The topological polar surface area (TPSA) is 86.8 Å². The second-order valence-corrected chi connectivity index (χ2v) is 12.4. The first-order valence-electron chi connectivity index (χ1n) is 12.5. The predicted molar refractivity (Wildman–Crippen MR) is 157 cm³/mol. The van der Waals surface area contributed by atoms with Gasteiger partial charge in [0.2, 0.25) is 11.8 Å². The minimum Gasteiger partial charge on any atom is -0.352 e. The van der Waals surface area contributed by atoms with Crippen LogP contribution in [-0.2, 0) is 26.2 Å². The van der Waals surface area contributed by atoms with E-state index in [0.717, 1.165) is 9.87 Å². The molecule has 3 aromatic rings. The molecule has 7 nitrogen and oxygen atoms in total. The number of amides is 2. The molecule has 0 saturated heterocycles. The Morgan fingerprint density at radius 1 is 0.897 bits per heavy atom. The van der Waals surface area contributed by atoms with Crippen molar-refractivity contribution in [2.24, 2.45) is 0 Å². The lowest BCUT2D eigenvalue weighted by Crippen LogP contribution is -2.52. The van der Waals surface area contributed by atoms with E-state index in [9.17, 15) is 18.0 Å². The zero-order valence-corrected chi connectivity index (χ0v) is 24.9. The number of nitrogens with one attached hydrogen (secondary N) is 1. The van der Waals surface area contributed by atoms with Gasteiger partial charge in [-0.25, -0.2) is 8.42 Å². The van der Waals surface area contributed by atoms with Crippen LogP contribution in [-0.4, -0.2) is 43.8 Å². The molecule has 0 aliphatic carbocycles. The number of carbonyl (C=O) groups is 2. The van der Waals surface area contributed by atoms with Crippen molar-refractivity contribution >= 4 is 50.7 Å². The van der Waals surface area contributed by atoms with E-state index in [1.807, 2.05) is 26.8 Å². The van der Waals surface area contributed by atoms with E-state index in [4.69, 9.17) is 23.2 Å². The first-order chi connectivity index (χ1) is 18.3. The Kier molecular flexibility index (Phi) is 10.0. The van der Waals surface area contributed by atoms with Crippen molar-refractivity contribution in [3.05, 3.63) is 93.5 Å². The molecule has 2 amide bonds. The molecule has 1 atom stereocenters. The lowest BCUT2D eigenvalue weighted by atomic mass is 10.1. The largest absolute Gasteiger partial charge is 0.352 e. The number of carbonyl (C=O) groups excluding carboxylic acids is 2. The van der Waals surface area contributed by atoms with E-state index in [2.05, 4.69) is 5.32 Å². The first-order valence-corrected chi connectivity index (χ1v) is 14.7.